The summed E-state index contributed by atoms with van der Waals surface area (Å²) in [6.45, 7) is 2.23. The fourth-order valence-electron chi connectivity index (χ4n) is 2.94. The third-order valence-corrected chi connectivity index (χ3v) is 4.47. The zero-order valence-electron chi connectivity index (χ0n) is 12.4. The van der Waals surface area contributed by atoms with Crippen LogP contribution in [0.1, 0.15) is 43.0 Å². The molecule has 1 fully saturated rings. The first kappa shape index (κ1) is 15.2. The van der Waals surface area contributed by atoms with Crippen molar-refractivity contribution in [1.29, 1.82) is 0 Å². The van der Waals surface area contributed by atoms with Crippen molar-refractivity contribution in [2.75, 3.05) is 19.4 Å². The van der Waals surface area contributed by atoms with Gasteiger partial charge in [0.15, 0.2) is 0 Å². The minimum absolute atomic E-state index is 0.00294. The molecule has 2 rings (SSSR count). The lowest BCUT2D eigenvalue weighted by molar-refractivity contribution is 0.0827. The minimum atomic E-state index is 0.00294. The van der Waals surface area contributed by atoms with Gasteiger partial charge in [0.2, 0.25) is 0 Å². The van der Waals surface area contributed by atoms with Crippen molar-refractivity contribution in [3.8, 4) is 0 Å². The molecule has 1 aliphatic carbocycles. The van der Waals surface area contributed by atoms with Crippen LogP contribution in [0.3, 0.4) is 0 Å². The number of carbonyl (C=O) groups is 1. The molecular weight excluding hydrogens is 272 g/mol. The Balaban J connectivity index is 2.18. The highest BCUT2D eigenvalue weighted by Gasteiger charge is 2.26. The summed E-state index contributed by atoms with van der Waals surface area (Å²) in [6.07, 6.45) is 4.92. The van der Waals surface area contributed by atoms with Crippen LogP contribution >= 0.6 is 11.6 Å². The Morgan fingerprint density at radius 1 is 1.40 bits per heavy atom. The molecule has 0 saturated heterocycles. The highest BCUT2D eigenvalue weighted by molar-refractivity contribution is 6.33. The number of carbonyl (C=O) groups excluding carboxylic acids is 1. The Labute approximate surface area is 126 Å². The monoisotopic (exact) mass is 294 g/mol. The van der Waals surface area contributed by atoms with E-state index in [1.807, 2.05) is 6.07 Å². The molecule has 0 radical (unpaired) electrons. The number of hydrogen-bond donors (Lipinski definition) is 1. The molecule has 1 amide bonds. The molecule has 0 aromatic heterocycles. The lowest BCUT2D eigenvalue weighted by atomic mass is 10.0. The molecule has 1 N–H and O–H groups in total. The fraction of sp³-hybridized carbons (Fsp3) is 0.562. The molecule has 1 aliphatic rings. The van der Waals surface area contributed by atoms with Gasteiger partial charge in [0.1, 0.15) is 0 Å². The molecule has 1 saturated carbocycles. The third kappa shape index (κ3) is 3.26. The van der Waals surface area contributed by atoms with E-state index in [0.29, 0.717) is 22.5 Å². The first-order chi connectivity index (χ1) is 9.52. The lowest BCUT2D eigenvalue weighted by Crippen LogP contribution is -2.25. The highest BCUT2D eigenvalue weighted by Crippen LogP contribution is 2.33. The van der Waals surface area contributed by atoms with Gasteiger partial charge >= 0.3 is 0 Å². The lowest BCUT2D eigenvalue weighted by Gasteiger charge is -2.22. The van der Waals surface area contributed by atoms with E-state index in [1.54, 1.807) is 31.1 Å². The fourth-order valence-corrected chi connectivity index (χ4v) is 3.11. The largest absolute Gasteiger partial charge is 0.381 e. The van der Waals surface area contributed by atoms with Crippen molar-refractivity contribution in [3.05, 3.63) is 28.8 Å². The summed E-state index contributed by atoms with van der Waals surface area (Å²) in [6, 6.07) is 5.93. The van der Waals surface area contributed by atoms with E-state index in [2.05, 4.69) is 12.2 Å². The molecule has 3 nitrogen and oxygen atoms in total. The smallest absolute Gasteiger partial charge is 0.253 e. The van der Waals surface area contributed by atoms with Crippen LogP contribution < -0.4 is 5.32 Å². The average Bonchev–Trinajstić information content (AvgIpc) is 2.87. The standard InChI is InChI=1S/C16H23ClN2O/c1-4-11-6-5-7-14(11)18-15-10-12(8-9-13(15)17)16(20)19(2)3/h8-11,14,18H,4-7H2,1-3H3. The third-order valence-electron chi connectivity index (χ3n) is 4.14. The zero-order chi connectivity index (χ0) is 14.7. The van der Waals surface area contributed by atoms with Crippen LogP contribution in [0.15, 0.2) is 18.2 Å². The number of amides is 1. The first-order valence-electron chi connectivity index (χ1n) is 7.30. The number of hydrogen-bond acceptors (Lipinski definition) is 2. The van der Waals surface area contributed by atoms with Gasteiger partial charge in [-0.25, -0.2) is 0 Å². The Morgan fingerprint density at radius 2 is 2.15 bits per heavy atom. The van der Waals surface area contributed by atoms with E-state index < -0.39 is 0 Å². The highest BCUT2D eigenvalue weighted by atomic mass is 35.5. The van der Waals surface area contributed by atoms with Crippen molar-refractivity contribution in [2.45, 2.75) is 38.6 Å². The maximum absolute atomic E-state index is 12.0. The van der Waals surface area contributed by atoms with Crippen molar-refractivity contribution in [1.82, 2.24) is 4.90 Å². The maximum atomic E-state index is 12.0. The molecule has 0 bridgehead atoms. The van der Waals surface area contributed by atoms with Crippen LogP contribution in [0.25, 0.3) is 0 Å². The Hall–Kier alpha value is -1.22. The molecule has 1 aromatic rings. The number of rotatable bonds is 4. The molecule has 1 aromatic carbocycles. The van der Waals surface area contributed by atoms with Crippen molar-refractivity contribution in [2.24, 2.45) is 5.92 Å². The van der Waals surface area contributed by atoms with Gasteiger partial charge in [0.25, 0.3) is 5.91 Å². The van der Waals surface area contributed by atoms with Gasteiger partial charge in [-0.15, -0.1) is 0 Å². The summed E-state index contributed by atoms with van der Waals surface area (Å²) in [7, 11) is 3.52. The normalized spacial score (nSPS) is 21.8. The van der Waals surface area contributed by atoms with Crippen LogP contribution in [0, 0.1) is 5.92 Å². The van der Waals surface area contributed by atoms with E-state index in [4.69, 9.17) is 11.6 Å². The maximum Gasteiger partial charge on any atom is 0.253 e. The van der Waals surface area contributed by atoms with E-state index in [-0.39, 0.29) is 5.91 Å². The van der Waals surface area contributed by atoms with Crippen molar-refractivity contribution in [3.63, 3.8) is 0 Å². The second kappa shape index (κ2) is 6.49. The number of halogens is 1. The van der Waals surface area contributed by atoms with Gasteiger partial charge in [-0.05, 0) is 37.0 Å². The molecular formula is C16H23ClN2O. The first-order valence-corrected chi connectivity index (χ1v) is 7.68. The van der Waals surface area contributed by atoms with Crippen LogP contribution in [0.5, 0.6) is 0 Å². The summed E-state index contributed by atoms with van der Waals surface area (Å²) in [5, 5.41) is 4.22. The van der Waals surface area contributed by atoms with Crippen molar-refractivity contribution < 1.29 is 4.79 Å². The van der Waals surface area contributed by atoms with E-state index >= 15 is 0 Å². The quantitative estimate of drug-likeness (QED) is 0.909. The second-order valence-electron chi connectivity index (χ2n) is 5.74. The van der Waals surface area contributed by atoms with E-state index in [9.17, 15) is 4.79 Å². The predicted octanol–water partition coefficient (Wildman–Crippen LogP) is 4.03. The minimum Gasteiger partial charge on any atom is -0.381 e. The summed E-state index contributed by atoms with van der Waals surface area (Å²) in [5.41, 5.74) is 1.55. The SMILES string of the molecule is CCC1CCCC1Nc1cc(C(=O)N(C)C)ccc1Cl. The van der Waals surface area contributed by atoms with Gasteiger partial charge in [-0.2, -0.15) is 0 Å². The molecule has 0 aliphatic heterocycles. The van der Waals surface area contributed by atoms with Crippen molar-refractivity contribution >= 4 is 23.2 Å². The van der Waals surface area contributed by atoms with E-state index in [1.165, 1.54) is 25.7 Å². The van der Waals surface area contributed by atoms with Crippen LogP contribution in [0.4, 0.5) is 5.69 Å². The predicted molar refractivity (Wildman–Crippen MR) is 84.5 cm³/mol. The average molecular weight is 295 g/mol. The van der Waals surface area contributed by atoms with Gasteiger partial charge in [-0.3, -0.25) is 4.79 Å². The number of nitrogens with zero attached hydrogens (tertiary/aromatic N) is 1. The Bertz CT molecular complexity index is 487. The van der Waals surface area contributed by atoms with Gasteiger partial charge in [0, 0.05) is 25.7 Å². The van der Waals surface area contributed by atoms with E-state index in [0.717, 1.165) is 5.69 Å². The molecule has 2 atom stereocenters. The molecule has 110 valence electrons. The Kier molecular flexibility index (Phi) is 4.92. The molecule has 2 unspecified atom stereocenters. The molecule has 0 heterocycles. The van der Waals surface area contributed by atoms with Crippen LogP contribution in [0.2, 0.25) is 5.02 Å². The van der Waals surface area contributed by atoms with Gasteiger partial charge in [-0.1, -0.05) is 31.4 Å². The van der Waals surface area contributed by atoms with Crippen LogP contribution in [-0.2, 0) is 0 Å². The summed E-state index contributed by atoms with van der Waals surface area (Å²) >= 11 is 6.26. The summed E-state index contributed by atoms with van der Waals surface area (Å²) in [5.74, 6) is 0.711. The summed E-state index contributed by atoms with van der Waals surface area (Å²) < 4.78 is 0. The molecule has 20 heavy (non-hydrogen) atoms. The number of anilines is 1. The zero-order valence-corrected chi connectivity index (χ0v) is 13.2. The molecule has 0 spiro atoms. The second-order valence-corrected chi connectivity index (χ2v) is 6.15. The van der Waals surface area contributed by atoms with Gasteiger partial charge in [0.05, 0.1) is 10.7 Å². The number of nitrogens with one attached hydrogen (secondary N) is 1. The van der Waals surface area contributed by atoms with Gasteiger partial charge < -0.3 is 10.2 Å². The summed E-state index contributed by atoms with van der Waals surface area (Å²) in [4.78, 5) is 13.6. The number of benzene rings is 1. The Morgan fingerprint density at radius 3 is 2.80 bits per heavy atom. The molecule has 4 heteroatoms. The topological polar surface area (TPSA) is 32.3 Å². The van der Waals surface area contributed by atoms with Crippen LogP contribution in [-0.4, -0.2) is 30.9 Å².